The maximum absolute atomic E-state index is 9.88. The second-order valence-corrected chi connectivity index (χ2v) is 6.67. The van der Waals surface area contributed by atoms with Crippen LogP contribution in [0.5, 0.6) is 0 Å². The average Bonchev–Trinajstić information content (AvgIpc) is 3.28. The molecule has 0 bridgehead atoms. The van der Waals surface area contributed by atoms with Gasteiger partial charge in [-0.15, -0.1) is 24.0 Å². The number of rotatable bonds is 12. The van der Waals surface area contributed by atoms with Crippen LogP contribution < -0.4 is 10.6 Å². The van der Waals surface area contributed by atoms with Crippen molar-refractivity contribution < 1.29 is 9.84 Å². The minimum atomic E-state index is -0.518. The summed E-state index contributed by atoms with van der Waals surface area (Å²) in [6.45, 7) is 9.86. The molecule has 0 amide bonds. The van der Waals surface area contributed by atoms with Crippen molar-refractivity contribution in [2.45, 2.75) is 59.0 Å². The SMILES string of the molecule is CCNC(=NCC(O)COCC1CC1)NCCCCC(C)C.I. The molecule has 0 saturated heterocycles. The Kier molecular flexibility index (Phi) is 14.2. The van der Waals surface area contributed by atoms with E-state index in [-0.39, 0.29) is 24.0 Å². The molecule has 1 rings (SSSR count). The van der Waals surface area contributed by atoms with Gasteiger partial charge >= 0.3 is 0 Å². The molecule has 0 aliphatic heterocycles. The van der Waals surface area contributed by atoms with E-state index in [2.05, 4.69) is 29.5 Å². The van der Waals surface area contributed by atoms with E-state index < -0.39 is 6.10 Å². The van der Waals surface area contributed by atoms with Gasteiger partial charge in [0.25, 0.3) is 0 Å². The molecule has 0 heterocycles. The number of hydrogen-bond donors (Lipinski definition) is 3. The van der Waals surface area contributed by atoms with E-state index in [0.717, 1.165) is 43.9 Å². The number of aliphatic imine (C=N–C) groups is 1. The fourth-order valence-corrected chi connectivity index (χ4v) is 2.13. The zero-order chi connectivity index (χ0) is 16.2. The lowest BCUT2D eigenvalue weighted by atomic mass is 10.1. The van der Waals surface area contributed by atoms with Gasteiger partial charge in [-0.25, -0.2) is 0 Å². The van der Waals surface area contributed by atoms with Gasteiger partial charge in [0.2, 0.25) is 0 Å². The summed E-state index contributed by atoms with van der Waals surface area (Å²) in [5.74, 6) is 2.29. The van der Waals surface area contributed by atoms with Crippen molar-refractivity contribution >= 4 is 29.9 Å². The molecule has 138 valence electrons. The van der Waals surface area contributed by atoms with Crippen LogP contribution in [-0.4, -0.2) is 50.0 Å². The Labute approximate surface area is 159 Å². The quantitative estimate of drug-likeness (QED) is 0.189. The minimum Gasteiger partial charge on any atom is -0.389 e. The monoisotopic (exact) mass is 441 g/mol. The van der Waals surface area contributed by atoms with Crippen LogP contribution >= 0.6 is 24.0 Å². The van der Waals surface area contributed by atoms with Crippen molar-refractivity contribution in [3.05, 3.63) is 0 Å². The highest BCUT2D eigenvalue weighted by Crippen LogP contribution is 2.28. The number of ether oxygens (including phenoxy) is 1. The Balaban J connectivity index is 0.00000484. The zero-order valence-corrected chi connectivity index (χ0v) is 17.3. The van der Waals surface area contributed by atoms with E-state index in [1.165, 1.54) is 25.7 Å². The first-order valence-corrected chi connectivity index (χ1v) is 8.89. The minimum absolute atomic E-state index is 0. The third-order valence-corrected chi connectivity index (χ3v) is 3.67. The van der Waals surface area contributed by atoms with Gasteiger partial charge in [-0.1, -0.05) is 26.7 Å². The molecular weight excluding hydrogens is 405 g/mol. The molecule has 1 aliphatic carbocycles. The Morgan fingerprint density at radius 2 is 2.00 bits per heavy atom. The largest absolute Gasteiger partial charge is 0.389 e. The molecule has 0 aromatic rings. The van der Waals surface area contributed by atoms with Crippen LogP contribution in [0.2, 0.25) is 0 Å². The van der Waals surface area contributed by atoms with Crippen LogP contribution in [0.1, 0.15) is 52.9 Å². The lowest BCUT2D eigenvalue weighted by molar-refractivity contribution is 0.0368. The lowest BCUT2D eigenvalue weighted by Gasteiger charge is -2.13. The van der Waals surface area contributed by atoms with Crippen LogP contribution in [0.4, 0.5) is 0 Å². The molecule has 0 aromatic heterocycles. The van der Waals surface area contributed by atoms with Crippen LogP contribution in [0, 0.1) is 11.8 Å². The second-order valence-electron chi connectivity index (χ2n) is 6.67. The Morgan fingerprint density at radius 3 is 2.61 bits per heavy atom. The molecule has 6 heteroatoms. The summed E-state index contributed by atoms with van der Waals surface area (Å²) < 4.78 is 5.49. The van der Waals surface area contributed by atoms with Gasteiger partial charge in [0.1, 0.15) is 0 Å². The van der Waals surface area contributed by atoms with Crippen LogP contribution in [0.25, 0.3) is 0 Å². The Hall–Kier alpha value is -0.0800. The summed E-state index contributed by atoms with van der Waals surface area (Å²) in [6, 6.07) is 0. The fraction of sp³-hybridized carbons (Fsp3) is 0.941. The number of halogens is 1. The summed E-state index contributed by atoms with van der Waals surface area (Å²) in [7, 11) is 0. The van der Waals surface area contributed by atoms with Crippen LogP contribution in [-0.2, 0) is 4.74 Å². The lowest BCUT2D eigenvalue weighted by Crippen LogP contribution is -2.38. The number of aliphatic hydroxyl groups excluding tert-OH is 1. The molecule has 1 saturated carbocycles. The molecule has 0 radical (unpaired) electrons. The summed E-state index contributed by atoms with van der Waals surface area (Å²) in [5, 5.41) is 16.4. The molecule has 1 unspecified atom stereocenters. The maximum atomic E-state index is 9.88. The first kappa shape index (κ1) is 22.9. The van der Waals surface area contributed by atoms with Gasteiger partial charge < -0.3 is 20.5 Å². The van der Waals surface area contributed by atoms with E-state index >= 15 is 0 Å². The average molecular weight is 441 g/mol. The number of nitrogens with one attached hydrogen (secondary N) is 2. The first-order valence-electron chi connectivity index (χ1n) is 8.89. The van der Waals surface area contributed by atoms with Crippen LogP contribution in [0.3, 0.4) is 0 Å². The number of aliphatic hydroxyl groups is 1. The second kappa shape index (κ2) is 14.3. The summed E-state index contributed by atoms with van der Waals surface area (Å²) in [4.78, 5) is 4.42. The van der Waals surface area contributed by atoms with E-state index in [0.29, 0.717) is 13.2 Å². The van der Waals surface area contributed by atoms with Gasteiger partial charge in [-0.3, -0.25) is 4.99 Å². The van der Waals surface area contributed by atoms with Crippen molar-refractivity contribution in [2.75, 3.05) is 32.8 Å². The van der Waals surface area contributed by atoms with Crippen molar-refractivity contribution in [3.8, 4) is 0 Å². The number of hydrogen-bond acceptors (Lipinski definition) is 3. The maximum Gasteiger partial charge on any atom is 0.191 e. The zero-order valence-electron chi connectivity index (χ0n) is 15.0. The number of unbranched alkanes of at least 4 members (excludes halogenated alkanes) is 1. The van der Waals surface area contributed by atoms with E-state index in [1.54, 1.807) is 0 Å². The normalized spacial score (nSPS) is 16.1. The summed E-state index contributed by atoms with van der Waals surface area (Å²) in [5.41, 5.74) is 0. The third kappa shape index (κ3) is 14.0. The van der Waals surface area contributed by atoms with Crippen molar-refractivity contribution in [2.24, 2.45) is 16.8 Å². The standard InChI is InChI=1S/C17H35N3O2.HI/c1-4-18-17(19-10-6-5-7-14(2)3)20-11-16(21)13-22-12-15-8-9-15;/h14-16,21H,4-13H2,1-3H3,(H2,18,19,20);1H. The Morgan fingerprint density at radius 1 is 1.26 bits per heavy atom. The highest BCUT2D eigenvalue weighted by Gasteiger charge is 2.21. The fourth-order valence-electron chi connectivity index (χ4n) is 2.13. The first-order chi connectivity index (χ1) is 10.6. The number of guanidine groups is 1. The van der Waals surface area contributed by atoms with Gasteiger partial charge in [-0.05, 0) is 38.0 Å². The molecular formula is C17H36IN3O2. The smallest absolute Gasteiger partial charge is 0.191 e. The predicted molar refractivity (Wildman–Crippen MR) is 108 cm³/mol. The van der Waals surface area contributed by atoms with Gasteiger partial charge in [0.15, 0.2) is 5.96 Å². The molecule has 5 nitrogen and oxygen atoms in total. The van der Waals surface area contributed by atoms with Crippen LogP contribution in [0.15, 0.2) is 4.99 Å². The van der Waals surface area contributed by atoms with E-state index in [9.17, 15) is 5.11 Å². The molecule has 0 spiro atoms. The highest BCUT2D eigenvalue weighted by atomic mass is 127. The van der Waals surface area contributed by atoms with Crippen molar-refractivity contribution in [1.82, 2.24) is 10.6 Å². The highest BCUT2D eigenvalue weighted by molar-refractivity contribution is 14.0. The molecule has 1 fully saturated rings. The van der Waals surface area contributed by atoms with E-state index in [4.69, 9.17) is 4.74 Å². The summed E-state index contributed by atoms with van der Waals surface area (Å²) >= 11 is 0. The summed E-state index contributed by atoms with van der Waals surface area (Å²) in [6.07, 6.45) is 5.69. The third-order valence-electron chi connectivity index (χ3n) is 3.67. The predicted octanol–water partition coefficient (Wildman–Crippen LogP) is 2.77. The van der Waals surface area contributed by atoms with Gasteiger partial charge in [-0.2, -0.15) is 0 Å². The molecule has 1 atom stereocenters. The number of nitrogens with zero attached hydrogens (tertiary/aromatic N) is 1. The molecule has 3 N–H and O–H groups in total. The topological polar surface area (TPSA) is 65.9 Å². The van der Waals surface area contributed by atoms with Gasteiger partial charge in [0, 0.05) is 19.7 Å². The van der Waals surface area contributed by atoms with Gasteiger partial charge in [0.05, 0.1) is 19.3 Å². The van der Waals surface area contributed by atoms with E-state index in [1.807, 2.05) is 6.92 Å². The molecule has 1 aliphatic rings. The molecule has 0 aromatic carbocycles. The molecule has 23 heavy (non-hydrogen) atoms. The Bertz CT molecular complexity index is 310. The van der Waals surface area contributed by atoms with Crippen molar-refractivity contribution in [3.63, 3.8) is 0 Å². The van der Waals surface area contributed by atoms with Crippen molar-refractivity contribution in [1.29, 1.82) is 0 Å².